The lowest BCUT2D eigenvalue weighted by Crippen LogP contribution is -2.07. The first kappa shape index (κ1) is 22.2. The first-order valence-corrected chi connectivity index (χ1v) is 10.9. The smallest absolute Gasteiger partial charge is 0.273 e. The van der Waals surface area contributed by atoms with E-state index in [0.29, 0.717) is 0 Å². The van der Waals surface area contributed by atoms with Crippen LogP contribution in [0.5, 0.6) is 0 Å². The van der Waals surface area contributed by atoms with Crippen molar-refractivity contribution in [2.24, 2.45) is 7.05 Å². The molecule has 5 rings (SSSR count). The molecule has 0 aromatic carbocycles. The number of alkyl halides is 3. The van der Waals surface area contributed by atoms with Crippen LogP contribution in [0.3, 0.4) is 0 Å². The average Bonchev–Trinajstić information content (AvgIpc) is 3.20. The predicted molar refractivity (Wildman–Crippen MR) is 117 cm³/mol. The molecule has 0 radical (unpaired) electrons. The summed E-state index contributed by atoms with van der Waals surface area (Å²) in [5.74, 6) is 0.765. The van der Waals surface area contributed by atoms with Gasteiger partial charge in [-0.05, 0) is 49.4 Å². The minimum Gasteiger partial charge on any atom is -0.273 e. The van der Waals surface area contributed by atoms with E-state index < -0.39 is 6.68 Å². The van der Waals surface area contributed by atoms with E-state index in [-0.39, 0.29) is 0 Å². The second-order valence-electron chi connectivity index (χ2n) is 6.96. The van der Waals surface area contributed by atoms with Crippen LogP contribution < -0.4 is 0 Å². The van der Waals surface area contributed by atoms with Crippen molar-refractivity contribution < 1.29 is 13.2 Å². The maximum absolute atomic E-state index is 9.67. The van der Waals surface area contributed by atoms with Crippen LogP contribution in [0, 0.1) is 6.92 Å². The van der Waals surface area contributed by atoms with E-state index in [1.54, 1.807) is 9.56 Å². The number of aryl methyl sites for hydroxylation is 2. The van der Waals surface area contributed by atoms with Crippen molar-refractivity contribution in [2.45, 2.75) is 52.6 Å². The van der Waals surface area contributed by atoms with Crippen LogP contribution in [-0.4, -0.2) is 26.4 Å². The molecule has 4 aromatic rings. The van der Waals surface area contributed by atoms with Gasteiger partial charge in [-0.3, -0.25) is 4.68 Å². The summed E-state index contributed by atoms with van der Waals surface area (Å²) in [7, 11) is 1.92. The molecular formula is C22H25F3N4S. The number of halogens is 3. The van der Waals surface area contributed by atoms with Gasteiger partial charge in [0.1, 0.15) is 4.83 Å². The minimum absolute atomic E-state index is 0.765. The molecule has 0 N–H and O–H groups in total. The summed E-state index contributed by atoms with van der Waals surface area (Å²) in [6, 6.07) is 6.46. The highest BCUT2D eigenvalue weighted by atomic mass is 32.1. The van der Waals surface area contributed by atoms with Gasteiger partial charge in [0.2, 0.25) is 0 Å². The molecule has 0 saturated heterocycles. The summed E-state index contributed by atoms with van der Waals surface area (Å²) >= 11 is 1.88. The van der Waals surface area contributed by atoms with Crippen LogP contribution in [-0.2, 0) is 7.05 Å². The molecule has 0 amide bonds. The van der Waals surface area contributed by atoms with E-state index in [1.807, 2.05) is 44.6 Å². The van der Waals surface area contributed by atoms with Crippen LogP contribution in [0.25, 0.3) is 32.5 Å². The highest BCUT2D eigenvalue weighted by molar-refractivity contribution is 7.19. The number of thiophene rings is 1. The summed E-state index contributed by atoms with van der Waals surface area (Å²) in [5, 5.41) is 6.69. The zero-order valence-corrected chi connectivity index (χ0v) is 18.3. The van der Waals surface area contributed by atoms with E-state index >= 15 is 0 Å². The van der Waals surface area contributed by atoms with Crippen molar-refractivity contribution in [2.75, 3.05) is 0 Å². The quantitative estimate of drug-likeness (QED) is 0.340. The molecule has 160 valence electrons. The first-order valence-electron chi connectivity index (χ1n) is 10.0. The third-order valence-corrected chi connectivity index (χ3v) is 6.45. The molecule has 4 aromatic heterocycles. The van der Waals surface area contributed by atoms with Crippen LogP contribution in [0.1, 0.15) is 49.5 Å². The molecule has 0 aliphatic heterocycles. The molecule has 4 heterocycles. The van der Waals surface area contributed by atoms with E-state index in [0.717, 1.165) is 33.0 Å². The SMILES string of the molecule is CC.Cc1c(C2CCC2)sc2nc(-c3cnc4nn(C)cc4c3)ccc12.FC(F)F. The fourth-order valence-corrected chi connectivity index (χ4v) is 4.86. The van der Waals surface area contributed by atoms with E-state index in [1.165, 1.54) is 30.2 Å². The minimum atomic E-state index is -3.67. The molecule has 1 aliphatic carbocycles. The van der Waals surface area contributed by atoms with Gasteiger partial charge in [0, 0.05) is 40.7 Å². The van der Waals surface area contributed by atoms with Crippen molar-refractivity contribution in [3.8, 4) is 11.3 Å². The molecule has 1 fully saturated rings. The van der Waals surface area contributed by atoms with Crippen molar-refractivity contribution in [1.29, 1.82) is 0 Å². The number of fused-ring (bicyclic) bond motifs is 2. The monoisotopic (exact) mass is 434 g/mol. The van der Waals surface area contributed by atoms with Gasteiger partial charge in [-0.25, -0.2) is 9.97 Å². The predicted octanol–water partition coefficient (Wildman–Crippen LogP) is 7.03. The first-order chi connectivity index (χ1) is 14.4. The number of pyridine rings is 2. The molecule has 0 unspecified atom stereocenters. The molecule has 4 nitrogen and oxygen atoms in total. The van der Waals surface area contributed by atoms with Gasteiger partial charge in [0.05, 0.1) is 5.69 Å². The van der Waals surface area contributed by atoms with Crippen LogP contribution in [0.4, 0.5) is 13.2 Å². The summed E-state index contributed by atoms with van der Waals surface area (Å²) in [5.41, 5.74) is 4.25. The summed E-state index contributed by atoms with van der Waals surface area (Å²) in [4.78, 5) is 12.1. The Bertz CT molecular complexity index is 1130. The van der Waals surface area contributed by atoms with Gasteiger partial charge in [0.15, 0.2) is 5.65 Å². The molecule has 30 heavy (non-hydrogen) atoms. The topological polar surface area (TPSA) is 43.6 Å². The maximum atomic E-state index is 9.67. The Morgan fingerprint density at radius 2 is 1.87 bits per heavy atom. The lowest BCUT2D eigenvalue weighted by Gasteiger charge is -2.24. The number of nitrogens with zero attached hydrogens (tertiary/aromatic N) is 4. The highest BCUT2D eigenvalue weighted by Gasteiger charge is 2.24. The van der Waals surface area contributed by atoms with E-state index in [9.17, 15) is 13.2 Å². The van der Waals surface area contributed by atoms with Gasteiger partial charge in [-0.1, -0.05) is 20.3 Å². The zero-order chi connectivity index (χ0) is 21.8. The lowest BCUT2D eigenvalue weighted by molar-refractivity contribution is 0.00819. The fourth-order valence-electron chi connectivity index (χ4n) is 3.51. The van der Waals surface area contributed by atoms with Gasteiger partial charge >= 0.3 is 6.68 Å². The molecule has 0 bridgehead atoms. The van der Waals surface area contributed by atoms with Crippen LogP contribution >= 0.6 is 11.3 Å². The van der Waals surface area contributed by atoms with Gasteiger partial charge in [0.25, 0.3) is 0 Å². The Kier molecular flexibility index (Phi) is 7.07. The van der Waals surface area contributed by atoms with Crippen LogP contribution in [0.15, 0.2) is 30.6 Å². The van der Waals surface area contributed by atoms with Crippen molar-refractivity contribution >= 4 is 32.6 Å². The average molecular weight is 435 g/mol. The third-order valence-electron chi connectivity index (χ3n) is 5.09. The Hall–Kier alpha value is -2.48. The maximum Gasteiger partial charge on any atom is 0.379 e. The normalized spacial score (nSPS) is 13.6. The number of rotatable bonds is 2. The summed E-state index contributed by atoms with van der Waals surface area (Å²) < 4.78 is 30.8. The summed E-state index contributed by atoms with van der Waals surface area (Å²) in [6.07, 6.45) is 7.91. The Labute approximate surface area is 177 Å². The Balaban J connectivity index is 0.000000385. The largest absolute Gasteiger partial charge is 0.379 e. The van der Waals surface area contributed by atoms with E-state index in [2.05, 4.69) is 35.2 Å². The van der Waals surface area contributed by atoms with Crippen molar-refractivity contribution in [1.82, 2.24) is 19.7 Å². The molecule has 0 spiro atoms. The Morgan fingerprint density at radius 1 is 1.17 bits per heavy atom. The third kappa shape index (κ3) is 4.64. The summed E-state index contributed by atoms with van der Waals surface area (Å²) in [6.45, 7) is 2.58. The fraction of sp³-hybridized carbons (Fsp3) is 0.409. The molecule has 8 heteroatoms. The molecule has 1 saturated carbocycles. The Morgan fingerprint density at radius 3 is 2.50 bits per heavy atom. The molecular weight excluding hydrogens is 409 g/mol. The van der Waals surface area contributed by atoms with Crippen molar-refractivity contribution in [3.63, 3.8) is 0 Å². The zero-order valence-electron chi connectivity index (χ0n) is 17.5. The molecule has 0 atom stereocenters. The van der Waals surface area contributed by atoms with Gasteiger partial charge in [-0.2, -0.15) is 18.3 Å². The number of hydrogen-bond donors (Lipinski definition) is 0. The number of aromatic nitrogens is 4. The lowest BCUT2D eigenvalue weighted by atomic mass is 9.83. The van der Waals surface area contributed by atoms with Crippen molar-refractivity contribution in [3.05, 3.63) is 41.0 Å². The number of hydrogen-bond acceptors (Lipinski definition) is 4. The van der Waals surface area contributed by atoms with Gasteiger partial charge in [-0.15, -0.1) is 11.3 Å². The molecule has 1 aliphatic rings. The highest BCUT2D eigenvalue weighted by Crippen LogP contribution is 2.44. The van der Waals surface area contributed by atoms with E-state index in [4.69, 9.17) is 4.98 Å². The second-order valence-corrected chi connectivity index (χ2v) is 7.99. The van der Waals surface area contributed by atoms with Gasteiger partial charge < -0.3 is 0 Å². The standard InChI is InChI=1S/C19H18N4S.C2H6.CHF3/c1-11-15-6-7-16(21-19(15)24-17(11)12-4-3-5-12)13-8-14-10-23(2)22-18(14)20-9-13;1-2;2-1(3)4/h6-10,12H,3-5H2,1-2H3;1-2H3;1H. The second kappa shape index (κ2) is 9.55. The van der Waals surface area contributed by atoms with Crippen LogP contribution in [0.2, 0.25) is 0 Å².